The minimum atomic E-state index is -0.698. The molecule has 23 heavy (non-hydrogen) atoms. The van der Waals surface area contributed by atoms with Crippen LogP contribution in [0.2, 0.25) is 0 Å². The molecule has 0 spiro atoms. The molecule has 0 aliphatic rings. The van der Waals surface area contributed by atoms with Crippen molar-refractivity contribution in [3.05, 3.63) is 52.4 Å². The lowest BCUT2D eigenvalue weighted by molar-refractivity contribution is -0.124. The van der Waals surface area contributed by atoms with Crippen molar-refractivity contribution >= 4 is 27.8 Å². The lowest BCUT2D eigenvalue weighted by Crippen LogP contribution is -2.31. The van der Waals surface area contributed by atoms with Crippen LogP contribution in [0.3, 0.4) is 0 Å². The largest absolute Gasteiger partial charge is 0.496 e. The molecule has 0 aliphatic carbocycles. The van der Waals surface area contributed by atoms with E-state index < -0.39 is 18.5 Å². The van der Waals surface area contributed by atoms with Crippen molar-refractivity contribution in [2.45, 2.75) is 13.0 Å². The van der Waals surface area contributed by atoms with E-state index in [-0.39, 0.29) is 11.8 Å². The first-order valence-corrected chi connectivity index (χ1v) is 7.65. The number of nitrogens with one attached hydrogen (secondary N) is 1. The molecule has 122 valence electrons. The van der Waals surface area contributed by atoms with Crippen molar-refractivity contribution in [2.24, 2.45) is 0 Å². The average Bonchev–Trinajstić information content (AvgIpc) is 2.99. The van der Waals surface area contributed by atoms with Crippen molar-refractivity contribution in [1.29, 1.82) is 0 Å². The molecule has 1 amide bonds. The molecule has 2 rings (SSSR count). The SMILES string of the molecule is COc1ccccc1C(C)NC(=O)COC(=O)c1ccc(Br)o1. The number of carbonyl (C=O) groups is 2. The Kier molecular flexibility index (Phi) is 5.81. The second kappa shape index (κ2) is 7.82. The van der Waals surface area contributed by atoms with Crippen LogP contribution >= 0.6 is 15.9 Å². The fourth-order valence-corrected chi connectivity index (χ4v) is 2.32. The van der Waals surface area contributed by atoms with Gasteiger partial charge in [0.1, 0.15) is 5.75 Å². The number of furan rings is 1. The summed E-state index contributed by atoms with van der Waals surface area (Å²) in [6.45, 7) is 1.43. The quantitative estimate of drug-likeness (QED) is 0.777. The second-order valence-electron chi connectivity index (χ2n) is 4.71. The summed E-state index contributed by atoms with van der Waals surface area (Å²) in [7, 11) is 1.57. The number of benzene rings is 1. The Labute approximate surface area is 141 Å². The number of hydrogen-bond donors (Lipinski definition) is 1. The van der Waals surface area contributed by atoms with Crippen LogP contribution in [0.15, 0.2) is 45.5 Å². The van der Waals surface area contributed by atoms with Crippen molar-refractivity contribution in [3.63, 3.8) is 0 Å². The van der Waals surface area contributed by atoms with Crippen LogP contribution in [0.1, 0.15) is 29.1 Å². The predicted molar refractivity (Wildman–Crippen MR) is 86.2 cm³/mol. The van der Waals surface area contributed by atoms with E-state index in [0.717, 1.165) is 5.56 Å². The Balaban J connectivity index is 1.88. The normalized spacial score (nSPS) is 11.6. The minimum absolute atomic E-state index is 0.0300. The topological polar surface area (TPSA) is 77.8 Å². The number of ether oxygens (including phenoxy) is 2. The Bertz CT molecular complexity index is 697. The molecule has 0 saturated carbocycles. The number of carbonyl (C=O) groups excluding carboxylic acids is 2. The highest BCUT2D eigenvalue weighted by atomic mass is 79.9. The third-order valence-corrected chi connectivity index (χ3v) is 3.52. The smallest absolute Gasteiger partial charge is 0.374 e. The zero-order valence-electron chi connectivity index (χ0n) is 12.7. The fraction of sp³-hybridized carbons (Fsp3) is 0.250. The Hall–Kier alpha value is -2.28. The maximum atomic E-state index is 11.9. The van der Waals surface area contributed by atoms with Crippen LogP contribution in [0, 0.1) is 0 Å². The molecule has 1 atom stereocenters. The highest BCUT2D eigenvalue weighted by molar-refractivity contribution is 9.10. The summed E-state index contributed by atoms with van der Waals surface area (Å²) in [5.74, 6) is -0.404. The van der Waals surface area contributed by atoms with E-state index in [0.29, 0.717) is 10.4 Å². The summed E-state index contributed by atoms with van der Waals surface area (Å²) >= 11 is 3.09. The number of esters is 1. The fourth-order valence-electron chi connectivity index (χ4n) is 2.01. The van der Waals surface area contributed by atoms with Crippen LogP contribution in [0.4, 0.5) is 0 Å². The van der Waals surface area contributed by atoms with Gasteiger partial charge in [0, 0.05) is 5.56 Å². The van der Waals surface area contributed by atoms with Gasteiger partial charge in [-0.3, -0.25) is 4.79 Å². The summed E-state index contributed by atoms with van der Waals surface area (Å²) in [5, 5.41) is 2.75. The molecule has 0 fully saturated rings. The zero-order valence-corrected chi connectivity index (χ0v) is 14.3. The van der Waals surface area contributed by atoms with Gasteiger partial charge in [0.2, 0.25) is 5.76 Å². The second-order valence-corrected chi connectivity index (χ2v) is 5.49. The number of halogens is 1. The molecule has 7 heteroatoms. The number of hydrogen-bond acceptors (Lipinski definition) is 5. The molecule has 1 aromatic heterocycles. The van der Waals surface area contributed by atoms with Gasteiger partial charge in [-0.1, -0.05) is 18.2 Å². The third-order valence-electron chi connectivity index (χ3n) is 3.09. The van der Waals surface area contributed by atoms with E-state index in [9.17, 15) is 9.59 Å². The maximum Gasteiger partial charge on any atom is 0.374 e. The molecule has 1 unspecified atom stereocenters. The number of amides is 1. The van der Waals surface area contributed by atoms with Crippen molar-refractivity contribution in [2.75, 3.05) is 13.7 Å². The lowest BCUT2D eigenvalue weighted by Gasteiger charge is -2.17. The van der Waals surface area contributed by atoms with Crippen molar-refractivity contribution in [3.8, 4) is 5.75 Å². The highest BCUT2D eigenvalue weighted by Crippen LogP contribution is 2.24. The van der Waals surface area contributed by atoms with Gasteiger partial charge < -0.3 is 19.2 Å². The van der Waals surface area contributed by atoms with Gasteiger partial charge in [-0.05, 0) is 41.1 Å². The van der Waals surface area contributed by atoms with Crippen LogP contribution < -0.4 is 10.1 Å². The van der Waals surface area contributed by atoms with Crippen LogP contribution in [-0.2, 0) is 9.53 Å². The number of methoxy groups -OCH3 is 1. The van der Waals surface area contributed by atoms with E-state index in [1.54, 1.807) is 13.2 Å². The summed E-state index contributed by atoms with van der Waals surface area (Å²) in [6, 6.07) is 10.1. The number of para-hydroxylation sites is 1. The van der Waals surface area contributed by atoms with E-state index in [2.05, 4.69) is 21.2 Å². The third kappa shape index (κ3) is 4.59. The first kappa shape index (κ1) is 17.1. The van der Waals surface area contributed by atoms with Gasteiger partial charge in [-0.15, -0.1) is 0 Å². The minimum Gasteiger partial charge on any atom is -0.496 e. The molecule has 6 nitrogen and oxygen atoms in total. The summed E-state index contributed by atoms with van der Waals surface area (Å²) in [5.41, 5.74) is 0.838. The van der Waals surface area contributed by atoms with Crippen LogP contribution in [0.5, 0.6) is 5.75 Å². The Morgan fingerprint density at radius 1 is 1.26 bits per heavy atom. The summed E-state index contributed by atoms with van der Waals surface area (Å²) in [6.07, 6.45) is 0. The van der Waals surface area contributed by atoms with Gasteiger partial charge in [0.05, 0.1) is 13.2 Å². The molecule has 0 radical (unpaired) electrons. The van der Waals surface area contributed by atoms with E-state index >= 15 is 0 Å². The average molecular weight is 382 g/mol. The molecule has 1 N–H and O–H groups in total. The first-order chi connectivity index (χ1) is 11.0. The van der Waals surface area contributed by atoms with Crippen molar-refractivity contribution < 1.29 is 23.5 Å². The highest BCUT2D eigenvalue weighted by Gasteiger charge is 2.17. The zero-order chi connectivity index (χ0) is 16.8. The van der Waals surface area contributed by atoms with Gasteiger partial charge in [-0.2, -0.15) is 0 Å². The van der Waals surface area contributed by atoms with Gasteiger partial charge in [0.25, 0.3) is 5.91 Å². The summed E-state index contributed by atoms with van der Waals surface area (Å²) in [4.78, 5) is 23.6. The molecular weight excluding hydrogens is 366 g/mol. The maximum absolute atomic E-state index is 11.9. The molecule has 1 heterocycles. The van der Waals surface area contributed by atoms with E-state index in [1.807, 2.05) is 31.2 Å². The molecule has 0 bridgehead atoms. The number of rotatable bonds is 6. The van der Waals surface area contributed by atoms with E-state index in [4.69, 9.17) is 13.9 Å². The molecule has 0 saturated heterocycles. The first-order valence-electron chi connectivity index (χ1n) is 6.86. The van der Waals surface area contributed by atoms with E-state index in [1.165, 1.54) is 6.07 Å². The van der Waals surface area contributed by atoms with Crippen LogP contribution in [0.25, 0.3) is 0 Å². The monoisotopic (exact) mass is 381 g/mol. The summed E-state index contributed by atoms with van der Waals surface area (Å²) < 4.78 is 15.6. The Morgan fingerprint density at radius 3 is 2.65 bits per heavy atom. The predicted octanol–water partition coefficient (Wildman–Crippen LogP) is 3.08. The Morgan fingerprint density at radius 2 is 2.00 bits per heavy atom. The molecular formula is C16H16BrNO5. The van der Waals surface area contributed by atoms with Gasteiger partial charge in [-0.25, -0.2) is 4.79 Å². The molecule has 1 aromatic carbocycles. The molecule has 0 aliphatic heterocycles. The van der Waals surface area contributed by atoms with Gasteiger partial charge >= 0.3 is 5.97 Å². The van der Waals surface area contributed by atoms with Gasteiger partial charge in [0.15, 0.2) is 11.3 Å². The van der Waals surface area contributed by atoms with Crippen LogP contribution in [-0.4, -0.2) is 25.6 Å². The lowest BCUT2D eigenvalue weighted by atomic mass is 10.1. The standard InChI is InChI=1S/C16H16BrNO5/c1-10(11-5-3-4-6-12(11)21-2)18-15(19)9-22-16(20)13-7-8-14(17)23-13/h3-8,10H,9H2,1-2H3,(H,18,19). The van der Waals surface area contributed by atoms with Crippen molar-refractivity contribution in [1.82, 2.24) is 5.32 Å². The molecule has 2 aromatic rings.